The third-order valence-corrected chi connectivity index (χ3v) is 3.06. The van der Waals surface area contributed by atoms with Crippen molar-refractivity contribution < 1.29 is 4.74 Å². The second-order valence-electron chi connectivity index (χ2n) is 3.99. The van der Waals surface area contributed by atoms with Gasteiger partial charge in [0.1, 0.15) is 0 Å². The van der Waals surface area contributed by atoms with Gasteiger partial charge in [0.05, 0.1) is 17.6 Å². The molecule has 3 unspecified atom stereocenters. The van der Waals surface area contributed by atoms with Crippen LogP contribution in [0.5, 0.6) is 0 Å². The smallest absolute Gasteiger partial charge is 0.0816 e. The topological polar surface area (TPSA) is 9.23 Å². The third kappa shape index (κ3) is 5.26. The third-order valence-electron chi connectivity index (χ3n) is 2.63. The van der Waals surface area contributed by atoms with Crippen LogP contribution in [0.25, 0.3) is 0 Å². The molecule has 17 heavy (non-hydrogen) atoms. The molecule has 0 amide bonds. The number of allylic oxidation sites excluding steroid dienone is 3. The Balaban J connectivity index is 2.67. The zero-order valence-corrected chi connectivity index (χ0v) is 10.9. The van der Waals surface area contributed by atoms with Gasteiger partial charge in [0.2, 0.25) is 0 Å². The second-order valence-corrected chi connectivity index (χ2v) is 4.50. The van der Waals surface area contributed by atoms with Crippen LogP contribution in [0, 0.1) is 12.3 Å². The van der Waals surface area contributed by atoms with E-state index in [0.717, 1.165) is 19.3 Å². The summed E-state index contributed by atoms with van der Waals surface area (Å²) in [6, 6.07) is 0. The first kappa shape index (κ1) is 14.1. The van der Waals surface area contributed by atoms with Crippen molar-refractivity contribution in [3.8, 4) is 12.3 Å². The first-order valence-electron chi connectivity index (χ1n) is 5.98. The molecule has 1 heterocycles. The summed E-state index contributed by atoms with van der Waals surface area (Å²) in [6.45, 7) is 2.00. The molecule has 0 aliphatic carbocycles. The Morgan fingerprint density at radius 3 is 3.12 bits per heavy atom. The lowest BCUT2D eigenvalue weighted by molar-refractivity contribution is 0.0135. The van der Waals surface area contributed by atoms with Crippen molar-refractivity contribution in [3.05, 3.63) is 36.5 Å². The van der Waals surface area contributed by atoms with E-state index in [1.54, 1.807) is 6.08 Å². The largest absolute Gasteiger partial charge is 0.369 e. The Labute approximate surface area is 109 Å². The maximum atomic E-state index is 6.28. The molecule has 0 bridgehead atoms. The average molecular weight is 251 g/mol. The van der Waals surface area contributed by atoms with E-state index in [-0.39, 0.29) is 17.6 Å². The number of rotatable bonds is 3. The highest BCUT2D eigenvalue weighted by atomic mass is 35.5. The van der Waals surface area contributed by atoms with Gasteiger partial charge in [-0.25, -0.2) is 0 Å². The van der Waals surface area contributed by atoms with Crippen molar-refractivity contribution in [2.45, 2.75) is 43.8 Å². The summed E-state index contributed by atoms with van der Waals surface area (Å²) in [5.41, 5.74) is 0. The Bertz CT molecular complexity index is 335. The van der Waals surface area contributed by atoms with Gasteiger partial charge in [0.15, 0.2) is 0 Å². The molecule has 0 aromatic heterocycles. The Morgan fingerprint density at radius 2 is 2.41 bits per heavy atom. The van der Waals surface area contributed by atoms with Gasteiger partial charge in [-0.05, 0) is 32.3 Å². The fraction of sp³-hybridized carbons (Fsp3) is 0.467. The normalized spacial score (nSPS) is 30.3. The highest BCUT2D eigenvalue weighted by molar-refractivity contribution is 6.22. The van der Waals surface area contributed by atoms with E-state index >= 15 is 0 Å². The quantitative estimate of drug-likeness (QED) is 0.420. The monoisotopic (exact) mass is 250 g/mol. The highest BCUT2D eigenvalue weighted by Gasteiger charge is 2.21. The molecule has 0 N–H and O–H groups in total. The Morgan fingerprint density at radius 1 is 1.59 bits per heavy atom. The summed E-state index contributed by atoms with van der Waals surface area (Å²) < 4.78 is 6.00. The summed E-state index contributed by atoms with van der Waals surface area (Å²) in [4.78, 5) is 0. The molecule has 3 atom stereocenters. The van der Waals surface area contributed by atoms with Crippen molar-refractivity contribution in [1.29, 1.82) is 0 Å². The van der Waals surface area contributed by atoms with Gasteiger partial charge in [-0.15, -0.1) is 18.0 Å². The summed E-state index contributed by atoms with van der Waals surface area (Å²) in [5.74, 6) is 2.48. The average Bonchev–Trinajstić information content (AvgIpc) is 2.31. The lowest BCUT2D eigenvalue weighted by Crippen LogP contribution is -2.29. The van der Waals surface area contributed by atoms with Crippen LogP contribution in [-0.2, 0) is 4.74 Å². The van der Waals surface area contributed by atoms with Gasteiger partial charge in [-0.3, -0.25) is 0 Å². The number of alkyl halides is 1. The van der Waals surface area contributed by atoms with Crippen LogP contribution in [0.2, 0.25) is 0 Å². The van der Waals surface area contributed by atoms with E-state index < -0.39 is 0 Å². The van der Waals surface area contributed by atoms with Crippen molar-refractivity contribution in [2.24, 2.45) is 0 Å². The van der Waals surface area contributed by atoms with Crippen LogP contribution in [-0.4, -0.2) is 17.6 Å². The van der Waals surface area contributed by atoms with E-state index in [4.69, 9.17) is 22.8 Å². The SMILES string of the molecule is C#CC=CCC1OC(C=CC)CCC=CC1Cl. The maximum absolute atomic E-state index is 6.28. The van der Waals surface area contributed by atoms with Gasteiger partial charge >= 0.3 is 0 Å². The minimum absolute atomic E-state index is 0.0148. The van der Waals surface area contributed by atoms with Gasteiger partial charge in [0.25, 0.3) is 0 Å². The number of halogens is 1. The highest BCUT2D eigenvalue weighted by Crippen LogP contribution is 2.21. The summed E-state index contributed by atoms with van der Waals surface area (Å²) in [7, 11) is 0. The summed E-state index contributed by atoms with van der Waals surface area (Å²) in [5, 5.41) is -0.0921. The van der Waals surface area contributed by atoms with Gasteiger partial charge in [0, 0.05) is 0 Å². The van der Waals surface area contributed by atoms with Gasteiger partial charge < -0.3 is 4.74 Å². The fourth-order valence-electron chi connectivity index (χ4n) is 1.79. The molecule has 2 heteroatoms. The molecule has 1 aliphatic heterocycles. The lowest BCUT2D eigenvalue weighted by Gasteiger charge is -2.26. The zero-order valence-electron chi connectivity index (χ0n) is 10.2. The molecule has 0 aromatic carbocycles. The zero-order chi connectivity index (χ0) is 12.5. The molecule has 0 spiro atoms. The van der Waals surface area contributed by atoms with Crippen LogP contribution >= 0.6 is 11.6 Å². The van der Waals surface area contributed by atoms with Crippen molar-refractivity contribution in [3.63, 3.8) is 0 Å². The first-order valence-corrected chi connectivity index (χ1v) is 6.41. The van der Waals surface area contributed by atoms with Crippen LogP contribution < -0.4 is 0 Å². The Hall–Kier alpha value is -0.970. The molecule has 0 fully saturated rings. The van der Waals surface area contributed by atoms with E-state index in [2.05, 4.69) is 18.1 Å². The first-order chi connectivity index (χ1) is 8.27. The molecular weight excluding hydrogens is 232 g/mol. The van der Waals surface area contributed by atoms with Gasteiger partial charge in [-0.2, -0.15) is 0 Å². The molecule has 1 nitrogen and oxygen atoms in total. The minimum Gasteiger partial charge on any atom is -0.369 e. The van der Waals surface area contributed by atoms with E-state index in [0.29, 0.717) is 0 Å². The molecule has 0 saturated carbocycles. The second kappa shape index (κ2) is 8.17. The van der Waals surface area contributed by atoms with Crippen molar-refractivity contribution >= 4 is 11.6 Å². The van der Waals surface area contributed by atoms with Crippen molar-refractivity contribution in [1.82, 2.24) is 0 Å². The summed E-state index contributed by atoms with van der Waals surface area (Å²) >= 11 is 6.28. The molecule has 0 saturated heterocycles. The van der Waals surface area contributed by atoms with Crippen LogP contribution in [0.4, 0.5) is 0 Å². The van der Waals surface area contributed by atoms with E-state index in [9.17, 15) is 0 Å². The maximum Gasteiger partial charge on any atom is 0.0816 e. The predicted molar refractivity (Wildman–Crippen MR) is 74.1 cm³/mol. The molecular formula is C15H19ClO. The molecule has 0 aromatic rings. The molecule has 92 valence electrons. The number of hydrogen-bond donors (Lipinski definition) is 0. The van der Waals surface area contributed by atoms with Crippen LogP contribution in [0.3, 0.4) is 0 Å². The number of hydrogen-bond acceptors (Lipinski definition) is 1. The van der Waals surface area contributed by atoms with Crippen LogP contribution in [0.1, 0.15) is 26.2 Å². The lowest BCUT2D eigenvalue weighted by atomic mass is 10.1. The van der Waals surface area contributed by atoms with Crippen molar-refractivity contribution in [2.75, 3.05) is 0 Å². The fourth-order valence-corrected chi connectivity index (χ4v) is 2.06. The minimum atomic E-state index is -0.0921. The standard InChI is InChI=1S/C15H19ClO/c1-3-5-6-12-15-14(16)11-8-7-10-13(17-15)9-4-2/h1,4-6,8-9,11,13-15H,7,10,12H2,2H3. The summed E-state index contributed by atoms with van der Waals surface area (Å²) in [6.07, 6.45) is 19.9. The Kier molecular flexibility index (Phi) is 6.77. The predicted octanol–water partition coefficient (Wildman–Crippen LogP) is 3.85. The van der Waals surface area contributed by atoms with Crippen LogP contribution in [0.15, 0.2) is 36.5 Å². The van der Waals surface area contributed by atoms with E-state index in [1.807, 2.05) is 25.2 Å². The number of terminal acetylenes is 1. The molecule has 1 aliphatic rings. The number of ether oxygens (including phenoxy) is 1. The van der Waals surface area contributed by atoms with E-state index in [1.165, 1.54) is 0 Å². The molecule has 1 rings (SSSR count). The molecule has 0 radical (unpaired) electrons. The van der Waals surface area contributed by atoms with Gasteiger partial charge in [-0.1, -0.05) is 36.3 Å².